The van der Waals surface area contributed by atoms with Gasteiger partial charge in [0.2, 0.25) is 16.0 Å². The summed E-state index contributed by atoms with van der Waals surface area (Å²) in [6, 6.07) is 5.56. The van der Waals surface area contributed by atoms with E-state index in [-0.39, 0.29) is 12.2 Å². The Balaban J connectivity index is 1.40. The standard InChI is InChI=1S/C23H24F3N7O2S2/c1-14-29-18-5-4-16(10-20(18)33(14)13-19-21(23(24,25)26)36-15(2)30-19)17-11-27-22(28-12-17)31-6-8-32(9-7-31)37(3,34)35/h4-5,10-12H,6-9,13H2,1-3H3. The fraction of sp³-hybridized carbons (Fsp3) is 0.391. The summed E-state index contributed by atoms with van der Waals surface area (Å²) < 4.78 is 67.2. The van der Waals surface area contributed by atoms with E-state index in [2.05, 4.69) is 19.9 Å². The van der Waals surface area contributed by atoms with Crippen molar-refractivity contribution in [1.82, 2.24) is 28.8 Å². The van der Waals surface area contributed by atoms with Gasteiger partial charge in [0.1, 0.15) is 10.7 Å². The molecule has 0 aliphatic carbocycles. The van der Waals surface area contributed by atoms with Crippen LogP contribution in [0.4, 0.5) is 19.1 Å². The number of anilines is 1. The first-order valence-electron chi connectivity index (χ1n) is 11.4. The van der Waals surface area contributed by atoms with Gasteiger partial charge in [-0.3, -0.25) is 0 Å². The van der Waals surface area contributed by atoms with Crippen molar-refractivity contribution in [2.75, 3.05) is 37.3 Å². The molecule has 0 N–H and O–H groups in total. The molecule has 4 heterocycles. The first-order chi connectivity index (χ1) is 17.4. The van der Waals surface area contributed by atoms with Crippen molar-refractivity contribution in [2.24, 2.45) is 0 Å². The fourth-order valence-corrected chi connectivity index (χ4v) is 6.05. The molecule has 1 aliphatic rings. The van der Waals surface area contributed by atoms with Crippen molar-refractivity contribution in [2.45, 2.75) is 26.6 Å². The molecule has 4 aromatic rings. The average Bonchev–Trinajstić information content (AvgIpc) is 3.37. The van der Waals surface area contributed by atoms with Crippen LogP contribution >= 0.6 is 11.3 Å². The highest BCUT2D eigenvalue weighted by molar-refractivity contribution is 7.88. The summed E-state index contributed by atoms with van der Waals surface area (Å²) in [6.07, 6.45) is 0.107. The Kier molecular flexibility index (Phi) is 6.44. The molecule has 37 heavy (non-hydrogen) atoms. The number of aryl methyl sites for hydroxylation is 2. The molecule has 9 nitrogen and oxygen atoms in total. The monoisotopic (exact) mass is 551 g/mol. The van der Waals surface area contributed by atoms with Crippen LogP contribution in [0.5, 0.6) is 0 Å². The quantitative estimate of drug-likeness (QED) is 0.373. The molecular formula is C23H24F3N7O2S2. The minimum Gasteiger partial charge on any atom is -0.338 e. The minimum absolute atomic E-state index is 0.0218. The van der Waals surface area contributed by atoms with Gasteiger partial charge >= 0.3 is 6.18 Å². The van der Waals surface area contributed by atoms with Gasteiger partial charge in [-0.05, 0) is 31.5 Å². The number of rotatable bonds is 5. The number of aromatic nitrogens is 5. The van der Waals surface area contributed by atoms with Crippen LogP contribution in [0.2, 0.25) is 0 Å². The highest BCUT2D eigenvalue weighted by Gasteiger charge is 2.37. The lowest BCUT2D eigenvalue weighted by Crippen LogP contribution is -2.48. The van der Waals surface area contributed by atoms with Gasteiger partial charge in [0.25, 0.3) is 0 Å². The van der Waals surface area contributed by atoms with Crippen LogP contribution in [-0.4, -0.2) is 69.7 Å². The number of alkyl halides is 3. The lowest BCUT2D eigenvalue weighted by atomic mass is 10.1. The summed E-state index contributed by atoms with van der Waals surface area (Å²) in [5.41, 5.74) is 2.88. The SMILES string of the molecule is Cc1nc(Cn2c(C)nc3ccc(-c4cnc(N5CCN(S(C)(=O)=O)CC5)nc4)cc32)c(C(F)(F)F)s1. The highest BCUT2D eigenvalue weighted by Crippen LogP contribution is 2.37. The number of thiazole rings is 1. The van der Waals surface area contributed by atoms with Gasteiger partial charge in [-0.15, -0.1) is 11.3 Å². The highest BCUT2D eigenvalue weighted by atomic mass is 32.2. The van der Waals surface area contributed by atoms with Gasteiger partial charge in [-0.25, -0.2) is 28.4 Å². The molecule has 0 unspecified atom stereocenters. The summed E-state index contributed by atoms with van der Waals surface area (Å²) in [6.45, 7) is 5.01. The first-order valence-corrected chi connectivity index (χ1v) is 14.1. The number of benzene rings is 1. The Bertz CT molecular complexity index is 1560. The zero-order valence-corrected chi connectivity index (χ0v) is 22.0. The number of nitrogens with zero attached hydrogens (tertiary/aromatic N) is 7. The van der Waals surface area contributed by atoms with E-state index in [1.54, 1.807) is 30.8 Å². The van der Waals surface area contributed by atoms with Crippen molar-refractivity contribution in [3.63, 3.8) is 0 Å². The van der Waals surface area contributed by atoms with Crippen molar-refractivity contribution in [1.29, 1.82) is 0 Å². The van der Waals surface area contributed by atoms with Crippen LogP contribution in [0, 0.1) is 13.8 Å². The van der Waals surface area contributed by atoms with E-state index in [1.165, 1.54) is 10.6 Å². The fourth-order valence-electron chi connectivity index (χ4n) is 4.42. The van der Waals surface area contributed by atoms with E-state index in [0.29, 0.717) is 65.3 Å². The number of sulfonamides is 1. The van der Waals surface area contributed by atoms with Crippen LogP contribution in [0.25, 0.3) is 22.2 Å². The lowest BCUT2D eigenvalue weighted by molar-refractivity contribution is -0.135. The zero-order chi connectivity index (χ0) is 26.5. The summed E-state index contributed by atoms with van der Waals surface area (Å²) >= 11 is 0.646. The molecule has 1 fully saturated rings. The van der Waals surface area contributed by atoms with Gasteiger partial charge < -0.3 is 9.47 Å². The van der Waals surface area contributed by atoms with Crippen LogP contribution in [0.1, 0.15) is 21.4 Å². The Hall–Kier alpha value is -3.10. The van der Waals surface area contributed by atoms with Crippen molar-refractivity contribution in [3.8, 4) is 11.1 Å². The molecule has 3 aromatic heterocycles. The van der Waals surface area contributed by atoms with Crippen LogP contribution in [0.3, 0.4) is 0 Å². The number of piperazine rings is 1. The van der Waals surface area contributed by atoms with Crippen molar-refractivity contribution in [3.05, 3.63) is 52.0 Å². The predicted molar refractivity (Wildman–Crippen MR) is 135 cm³/mol. The molecule has 5 rings (SSSR count). The number of fused-ring (bicyclic) bond motifs is 1. The van der Waals surface area contributed by atoms with Crippen molar-refractivity contribution < 1.29 is 21.6 Å². The van der Waals surface area contributed by atoms with Gasteiger partial charge in [-0.2, -0.15) is 17.5 Å². The summed E-state index contributed by atoms with van der Waals surface area (Å²) in [7, 11) is -3.22. The molecule has 0 bridgehead atoms. The lowest BCUT2D eigenvalue weighted by Gasteiger charge is -2.33. The predicted octanol–water partition coefficient (Wildman–Crippen LogP) is 3.72. The molecule has 0 spiro atoms. The smallest absolute Gasteiger partial charge is 0.338 e. The van der Waals surface area contributed by atoms with E-state index in [9.17, 15) is 21.6 Å². The van der Waals surface area contributed by atoms with Crippen LogP contribution < -0.4 is 4.90 Å². The largest absolute Gasteiger partial charge is 0.427 e. The van der Waals surface area contributed by atoms with E-state index in [4.69, 9.17) is 0 Å². The Morgan fingerprint density at radius 3 is 2.30 bits per heavy atom. The second-order valence-corrected chi connectivity index (χ2v) is 12.1. The van der Waals surface area contributed by atoms with E-state index < -0.39 is 21.1 Å². The first kappa shape index (κ1) is 25.5. The Labute approximate surface area is 215 Å². The summed E-state index contributed by atoms with van der Waals surface area (Å²) in [5.74, 6) is 1.10. The normalized spacial score (nSPS) is 15.6. The van der Waals surface area contributed by atoms with E-state index in [0.717, 1.165) is 11.1 Å². The number of halogens is 3. The molecule has 196 valence electrons. The molecule has 1 aromatic carbocycles. The van der Waals surface area contributed by atoms with Gasteiger partial charge in [-0.1, -0.05) is 6.07 Å². The Morgan fingerprint density at radius 1 is 1.00 bits per heavy atom. The molecule has 0 radical (unpaired) electrons. The minimum atomic E-state index is -4.47. The van der Waals surface area contributed by atoms with E-state index in [1.807, 2.05) is 23.1 Å². The Morgan fingerprint density at radius 2 is 1.68 bits per heavy atom. The molecule has 1 aliphatic heterocycles. The maximum Gasteiger partial charge on any atom is 0.427 e. The third-order valence-corrected chi connectivity index (χ3v) is 8.63. The van der Waals surface area contributed by atoms with Gasteiger partial charge in [0.05, 0.1) is 34.5 Å². The number of hydrogen-bond donors (Lipinski definition) is 0. The maximum absolute atomic E-state index is 13.5. The second kappa shape index (κ2) is 9.33. The number of imidazole rings is 1. The third-order valence-electron chi connectivity index (χ3n) is 6.27. The van der Waals surface area contributed by atoms with Gasteiger partial charge in [0.15, 0.2) is 0 Å². The molecule has 14 heteroatoms. The molecule has 0 amide bonds. The van der Waals surface area contributed by atoms with Crippen LogP contribution in [-0.2, 0) is 22.7 Å². The van der Waals surface area contributed by atoms with Crippen molar-refractivity contribution >= 4 is 38.3 Å². The van der Waals surface area contributed by atoms with Crippen LogP contribution in [0.15, 0.2) is 30.6 Å². The number of hydrogen-bond acceptors (Lipinski definition) is 8. The summed E-state index contributed by atoms with van der Waals surface area (Å²) in [5, 5.41) is 0.361. The van der Waals surface area contributed by atoms with Gasteiger partial charge in [0, 0.05) is 44.1 Å². The average molecular weight is 552 g/mol. The topological polar surface area (TPSA) is 97.1 Å². The maximum atomic E-state index is 13.5. The zero-order valence-electron chi connectivity index (χ0n) is 20.3. The second-order valence-electron chi connectivity index (χ2n) is 8.88. The van der Waals surface area contributed by atoms with E-state index >= 15 is 0 Å². The molecule has 0 saturated carbocycles. The molecule has 0 atom stereocenters. The summed E-state index contributed by atoms with van der Waals surface area (Å²) in [4.78, 5) is 18.8. The molecule has 1 saturated heterocycles. The molecular weight excluding hydrogens is 527 g/mol. The third kappa shape index (κ3) is 5.18.